The van der Waals surface area contributed by atoms with E-state index in [1.54, 1.807) is 24.3 Å². The van der Waals surface area contributed by atoms with Gasteiger partial charge in [-0.05, 0) is 55.3 Å². The number of carbonyl (C=O) groups is 2. The first-order valence-electron chi connectivity index (χ1n) is 9.07. The summed E-state index contributed by atoms with van der Waals surface area (Å²) in [6.07, 6.45) is 0. The van der Waals surface area contributed by atoms with Crippen LogP contribution in [0.4, 0.5) is 0 Å². The third-order valence-electron chi connectivity index (χ3n) is 4.24. The molecule has 3 aromatic rings. The molecule has 0 atom stereocenters. The SMILES string of the molecule is Cc1cccc(C(=O)OCc2cccc(COC(=O)c3cccc(C)c3)c2)c1. The first kappa shape index (κ1) is 19.4. The monoisotopic (exact) mass is 374 g/mol. The van der Waals surface area contributed by atoms with E-state index in [0.717, 1.165) is 22.3 Å². The molecule has 0 amide bonds. The zero-order chi connectivity index (χ0) is 19.9. The molecule has 0 bridgehead atoms. The van der Waals surface area contributed by atoms with Crippen molar-refractivity contribution in [1.82, 2.24) is 0 Å². The normalized spacial score (nSPS) is 10.4. The minimum Gasteiger partial charge on any atom is -0.457 e. The van der Waals surface area contributed by atoms with Crippen LogP contribution in [0.5, 0.6) is 0 Å². The van der Waals surface area contributed by atoms with Gasteiger partial charge in [0.05, 0.1) is 11.1 Å². The van der Waals surface area contributed by atoms with Gasteiger partial charge in [0.25, 0.3) is 0 Å². The highest BCUT2D eigenvalue weighted by Crippen LogP contribution is 2.12. The minimum absolute atomic E-state index is 0.159. The van der Waals surface area contributed by atoms with E-state index in [0.29, 0.717) is 11.1 Å². The molecule has 0 spiro atoms. The molecular formula is C24H22O4. The van der Waals surface area contributed by atoms with Crippen molar-refractivity contribution in [3.63, 3.8) is 0 Å². The fraction of sp³-hybridized carbons (Fsp3) is 0.167. The first-order chi connectivity index (χ1) is 13.5. The van der Waals surface area contributed by atoms with Crippen molar-refractivity contribution in [3.05, 3.63) is 106 Å². The predicted octanol–water partition coefficient (Wildman–Crippen LogP) is 5.02. The van der Waals surface area contributed by atoms with Crippen LogP contribution in [-0.2, 0) is 22.7 Å². The largest absolute Gasteiger partial charge is 0.457 e. The van der Waals surface area contributed by atoms with E-state index >= 15 is 0 Å². The maximum atomic E-state index is 12.2. The van der Waals surface area contributed by atoms with Crippen LogP contribution in [0.15, 0.2) is 72.8 Å². The fourth-order valence-electron chi connectivity index (χ4n) is 2.82. The molecule has 28 heavy (non-hydrogen) atoms. The molecule has 0 saturated heterocycles. The van der Waals surface area contributed by atoms with E-state index < -0.39 is 0 Å². The highest BCUT2D eigenvalue weighted by molar-refractivity contribution is 5.90. The van der Waals surface area contributed by atoms with Crippen LogP contribution < -0.4 is 0 Å². The Kier molecular flexibility index (Phi) is 6.22. The minimum atomic E-state index is -0.361. The quantitative estimate of drug-likeness (QED) is 0.569. The summed E-state index contributed by atoms with van der Waals surface area (Å²) in [6.45, 7) is 4.18. The van der Waals surface area contributed by atoms with Gasteiger partial charge in [0.2, 0.25) is 0 Å². The Balaban J connectivity index is 1.56. The van der Waals surface area contributed by atoms with Gasteiger partial charge >= 0.3 is 11.9 Å². The van der Waals surface area contributed by atoms with Crippen molar-refractivity contribution in [2.45, 2.75) is 27.1 Å². The van der Waals surface area contributed by atoms with Crippen LogP contribution in [0.1, 0.15) is 43.0 Å². The van der Waals surface area contributed by atoms with Gasteiger partial charge in [-0.3, -0.25) is 0 Å². The summed E-state index contributed by atoms with van der Waals surface area (Å²) in [7, 11) is 0. The number of benzene rings is 3. The van der Waals surface area contributed by atoms with Crippen LogP contribution in [0.2, 0.25) is 0 Å². The van der Waals surface area contributed by atoms with Crippen molar-refractivity contribution in [2.24, 2.45) is 0 Å². The summed E-state index contributed by atoms with van der Waals surface area (Å²) in [5, 5.41) is 0. The molecule has 0 aliphatic heterocycles. The number of aryl methyl sites for hydroxylation is 2. The van der Waals surface area contributed by atoms with E-state index in [9.17, 15) is 9.59 Å². The molecule has 4 heteroatoms. The van der Waals surface area contributed by atoms with Gasteiger partial charge in [0, 0.05) is 0 Å². The lowest BCUT2D eigenvalue weighted by Gasteiger charge is -2.09. The summed E-state index contributed by atoms with van der Waals surface area (Å²) in [6, 6.07) is 22.0. The van der Waals surface area contributed by atoms with Crippen LogP contribution in [0.25, 0.3) is 0 Å². The molecule has 0 heterocycles. The van der Waals surface area contributed by atoms with E-state index in [1.807, 2.05) is 62.4 Å². The number of rotatable bonds is 6. The molecule has 3 rings (SSSR count). The third kappa shape index (κ3) is 5.30. The van der Waals surface area contributed by atoms with Gasteiger partial charge in [0.1, 0.15) is 13.2 Å². The van der Waals surface area contributed by atoms with Gasteiger partial charge in [-0.2, -0.15) is 0 Å². The summed E-state index contributed by atoms with van der Waals surface area (Å²) in [4.78, 5) is 24.3. The fourth-order valence-corrected chi connectivity index (χ4v) is 2.82. The van der Waals surface area contributed by atoms with Crippen molar-refractivity contribution < 1.29 is 19.1 Å². The smallest absolute Gasteiger partial charge is 0.338 e. The molecule has 0 aliphatic rings. The summed E-state index contributed by atoms with van der Waals surface area (Å²) >= 11 is 0. The number of hydrogen-bond donors (Lipinski definition) is 0. The standard InChI is InChI=1S/C24H22O4/c1-17-6-3-10-21(12-17)23(25)27-15-19-8-5-9-20(14-19)16-28-24(26)22-11-4-7-18(2)13-22/h3-14H,15-16H2,1-2H3. The maximum absolute atomic E-state index is 12.2. The highest BCUT2D eigenvalue weighted by Gasteiger charge is 2.09. The second-order valence-corrected chi connectivity index (χ2v) is 6.71. The van der Waals surface area contributed by atoms with E-state index in [4.69, 9.17) is 9.47 Å². The number of esters is 2. The van der Waals surface area contributed by atoms with Crippen LogP contribution in [-0.4, -0.2) is 11.9 Å². The molecule has 0 aromatic heterocycles. The highest BCUT2D eigenvalue weighted by atomic mass is 16.5. The van der Waals surface area contributed by atoms with Crippen molar-refractivity contribution in [1.29, 1.82) is 0 Å². The van der Waals surface area contributed by atoms with Crippen LogP contribution >= 0.6 is 0 Å². The summed E-state index contributed by atoms with van der Waals surface area (Å²) < 4.78 is 10.8. The number of hydrogen-bond acceptors (Lipinski definition) is 4. The van der Waals surface area contributed by atoms with Gasteiger partial charge in [0.15, 0.2) is 0 Å². The van der Waals surface area contributed by atoms with Crippen molar-refractivity contribution in [3.8, 4) is 0 Å². The van der Waals surface area contributed by atoms with Gasteiger partial charge in [-0.1, -0.05) is 53.6 Å². The molecule has 0 N–H and O–H groups in total. The summed E-state index contributed by atoms with van der Waals surface area (Å²) in [5.41, 5.74) is 4.75. The number of ether oxygens (including phenoxy) is 2. The second kappa shape index (κ2) is 9.00. The molecule has 0 aliphatic carbocycles. The predicted molar refractivity (Wildman–Crippen MR) is 107 cm³/mol. The molecule has 0 unspecified atom stereocenters. The Morgan fingerprint density at radius 1 is 0.643 bits per heavy atom. The average Bonchev–Trinajstić information content (AvgIpc) is 2.70. The molecule has 142 valence electrons. The zero-order valence-corrected chi connectivity index (χ0v) is 16.0. The average molecular weight is 374 g/mol. The van der Waals surface area contributed by atoms with Gasteiger partial charge < -0.3 is 9.47 Å². The number of carbonyl (C=O) groups excluding carboxylic acids is 2. The lowest BCUT2D eigenvalue weighted by atomic mass is 10.1. The van der Waals surface area contributed by atoms with Gasteiger partial charge in [-0.15, -0.1) is 0 Å². The lowest BCUT2D eigenvalue weighted by molar-refractivity contribution is 0.0471. The topological polar surface area (TPSA) is 52.6 Å². The molecule has 0 radical (unpaired) electrons. The Labute approximate surface area is 164 Å². The van der Waals surface area contributed by atoms with E-state index in [-0.39, 0.29) is 25.2 Å². The van der Waals surface area contributed by atoms with E-state index in [1.165, 1.54) is 0 Å². The Hall–Kier alpha value is -3.40. The van der Waals surface area contributed by atoms with Crippen LogP contribution in [0.3, 0.4) is 0 Å². The molecule has 0 saturated carbocycles. The van der Waals surface area contributed by atoms with Crippen molar-refractivity contribution >= 4 is 11.9 Å². The lowest BCUT2D eigenvalue weighted by Crippen LogP contribution is -2.07. The molecule has 0 fully saturated rings. The molecule has 4 nitrogen and oxygen atoms in total. The summed E-state index contributed by atoms with van der Waals surface area (Å²) in [5.74, 6) is -0.722. The second-order valence-electron chi connectivity index (χ2n) is 6.71. The Morgan fingerprint density at radius 2 is 1.07 bits per heavy atom. The first-order valence-corrected chi connectivity index (χ1v) is 9.07. The third-order valence-corrected chi connectivity index (χ3v) is 4.24. The Bertz CT molecular complexity index is 914. The van der Waals surface area contributed by atoms with Crippen LogP contribution in [0, 0.1) is 13.8 Å². The zero-order valence-electron chi connectivity index (χ0n) is 16.0. The molecule has 3 aromatic carbocycles. The van der Waals surface area contributed by atoms with Crippen molar-refractivity contribution in [2.75, 3.05) is 0 Å². The Morgan fingerprint density at radius 3 is 1.50 bits per heavy atom. The molecular weight excluding hydrogens is 352 g/mol. The van der Waals surface area contributed by atoms with E-state index in [2.05, 4.69) is 0 Å². The maximum Gasteiger partial charge on any atom is 0.338 e. The van der Waals surface area contributed by atoms with Gasteiger partial charge in [-0.25, -0.2) is 9.59 Å².